The number of rotatable bonds is 8. The molecule has 7 heteroatoms. The van der Waals surface area contributed by atoms with Gasteiger partial charge in [0.2, 0.25) is 9.84 Å². The average molecular weight is 319 g/mol. The first-order valence-corrected chi connectivity index (χ1v) is 8.29. The molecule has 1 aliphatic carbocycles. The van der Waals surface area contributed by atoms with Gasteiger partial charge in [-0.25, -0.2) is 8.42 Å². The smallest absolute Gasteiger partial charge is 0.341 e. The van der Waals surface area contributed by atoms with Crippen LogP contribution in [0.15, 0.2) is 29.2 Å². The van der Waals surface area contributed by atoms with Crippen LogP contribution in [0, 0.1) is 5.41 Å². The second-order valence-electron chi connectivity index (χ2n) is 5.43. The van der Waals surface area contributed by atoms with Crippen LogP contribution in [0.3, 0.4) is 0 Å². The Morgan fingerprint density at radius 3 is 2.38 bits per heavy atom. The number of halogens is 2. The highest BCUT2D eigenvalue weighted by Crippen LogP contribution is 2.48. The molecule has 1 aromatic rings. The molecule has 0 aromatic heterocycles. The van der Waals surface area contributed by atoms with E-state index < -0.39 is 15.6 Å². The summed E-state index contributed by atoms with van der Waals surface area (Å²) in [7, 11) is -2.84. The van der Waals surface area contributed by atoms with Crippen LogP contribution in [0.5, 0.6) is 0 Å². The lowest BCUT2D eigenvalue weighted by Gasteiger charge is -2.16. The third kappa shape index (κ3) is 3.91. The maximum absolute atomic E-state index is 12.4. The van der Waals surface area contributed by atoms with E-state index in [0.717, 1.165) is 31.5 Å². The van der Waals surface area contributed by atoms with Crippen molar-refractivity contribution in [3.63, 3.8) is 0 Å². The number of sulfone groups is 1. The van der Waals surface area contributed by atoms with E-state index in [1.807, 2.05) is 0 Å². The van der Waals surface area contributed by atoms with Gasteiger partial charge in [0.05, 0.1) is 4.90 Å². The van der Waals surface area contributed by atoms with Gasteiger partial charge in [-0.3, -0.25) is 0 Å². The van der Waals surface area contributed by atoms with Gasteiger partial charge in [0.15, 0.2) is 0 Å². The number of anilines is 1. The summed E-state index contributed by atoms with van der Waals surface area (Å²) in [5, 5.41) is 3.23. The Morgan fingerprint density at radius 1 is 1.29 bits per heavy atom. The van der Waals surface area contributed by atoms with Gasteiger partial charge >= 0.3 is 5.76 Å². The maximum atomic E-state index is 12.4. The first-order chi connectivity index (χ1) is 9.89. The summed E-state index contributed by atoms with van der Waals surface area (Å²) in [4.78, 5) is -0.358. The van der Waals surface area contributed by atoms with Gasteiger partial charge < -0.3 is 10.1 Å². The molecule has 0 unspecified atom stereocenters. The highest BCUT2D eigenvalue weighted by Gasteiger charge is 2.41. The number of alkyl halides is 2. The molecule has 2 rings (SSSR count). The van der Waals surface area contributed by atoms with Crippen LogP contribution in [0.4, 0.5) is 14.5 Å². The lowest BCUT2D eigenvalue weighted by Crippen LogP contribution is -2.17. The van der Waals surface area contributed by atoms with Gasteiger partial charge in [-0.15, -0.1) is 0 Å². The highest BCUT2D eigenvalue weighted by atomic mass is 32.2. The molecule has 21 heavy (non-hydrogen) atoms. The van der Waals surface area contributed by atoms with Crippen molar-refractivity contribution in [1.82, 2.24) is 0 Å². The van der Waals surface area contributed by atoms with Crippen LogP contribution in [0.2, 0.25) is 0 Å². The second kappa shape index (κ2) is 6.27. The molecule has 4 nitrogen and oxygen atoms in total. The first-order valence-electron chi connectivity index (χ1n) is 6.75. The predicted octanol–water partition coefficient (Wildman–Crippen LogP) is 2.91. The van der Waals surface area contributed by atoms with Gasteiger partial charge in [0, 0.05) is 25.9 Å². The van der Waals surface area contributed by atoms with E-state index in [4.69, 9.17) is 4.74 Å². The highest BCUT2D eigenvalue weighted by molar-refractivity contribution is 7.91. The second-order valence-corrected chi connectivity index (χ2v) is 7.34. The normalized spacial score (nSPS) is 17.0. The Kier molecular flexibility index (Phi) is 4.83. The molecular weight excluding hydrogens is 300 g/mol. The molecule has 0 heterocycles. The molecule has 118 valence electrons. The Balaban J connectivity index is 1.95. The summed E-state index contributed by atoms with van der Waals surface area (Å²) in [6, 6.07) is 5.44. The molecule has 1 saturated carbocycles. The van der Waals surface area contributed by atoms with Crippen LogP contribution < -0.4 is 5.32 Å². The quantitative estimate of drug-likeness (QED) is 0.800. The van der Waals surface area contributed by atoms with E-state index >= 15 is 0 Å². The fourth-order valence-corrected chi connectivity index (χ4v) is 2.89. The minimum atomic E-state index is -4.51. The molecule has 0 atom stereocenters. The minimum absolute atomic E-state index is 0.254. The zero-order valence-electron chi connectivity index (χ0n) is 11.8. The number of benzene rings is 1. The standard InChI is InChI=1S/C14H19F2NO3S/c1-20-9-8-14(6-7-14)10-17-11-2-4-12(5-3-11)21(18,19)13(15)16/h2-5,13,17H,6-10H2,1H3. The lowest BCUT2D eigenvalue weighted by atomic mass is 10.0. The van der Waals surface area contributed by atoms with E-state index in [1.54, 1.807) is 7.11 Å². The van der Waals surface area contributed by atoms with Crippen LogP contribution in [-0.2, 0) is 14.6 Å². The summed E-state index contributed by atoms with van der Waals surface area (Å²) >= 11 is 0. The van der Waals surface area contributed by atoms with Crippen LogP contribution in [0.25, 0.3) is 0 Å². The van der Waals surface area contributed by atoms with Crippen molar-refractivity contribution in [2.24, 2.45) is 5.41 Å². The molecule has 0 bridgehead atoms. The average Bonchev–Trinajstić information content (AvgIpc) is 3.24. The monoisotopic (exact) mass is 319 g/mol. The fourth-order valence-electron chi connectivity index (χ4n) is 2.17. The summed E-state index contributed by atoms with van der Waals surface area (Å²) < 4.78 is 52.5. The van der Waals surface area contributed by atoms with Crippen molar-refractivity contribution < 1.29 is 21.9 Å². The third-order valence-corrected chi connectivity index (χ3v) is 5.28. The predicted molar refractivity (Wildman–Crippen MR) is 76.3 cm³/mol. The van der Waals surface area contributed by atoms with E-state index in [1.165, 1.54) is 24.3 Å². The van der Waals surface area contributed by atoms with E-state index in [2.05, 4.69) is 5.32 Å². The molecule has 1 fully saturated rings. The molecule has 0 radical (unpaired) electrons. The summed E-state index contributed by atoms with van der Waals surface area (Å²) in [6.07, 6.45) is 3.26. The van der Waals surface area contributed by atoms with Crippen molar-refractivity contribution in [2.75, 3.05) is 25.6 Å². The fraction of sp³-hybridized carbons (Fsp3) is 0.571. The molecule has 0 spiro atoms. The van der Waals surface area contributed by atoms with E-state index in [0.29, 0.717) is 6.61 Å². The van der Waals surface area contributed by atoms with Crippen LogP contribution >= 0.6 is 0 Å². The summed E-state index contributed by atoms with van der Waals surface area (Å²) in [6.45, 7) is 1.49. The molecule has 0 amide bonds. The zero-order chi connectivity index (χ0) is 15.5. The topological polar surface area (TPSA) is 55.4 Å². The van der Waals surface area contributed by atoms with Crippen molar-refractivity contribution >= 4 is 15.5 Å². The number of nitrogens with one attached hydrogen (secondary N) is 1. The number of hydrogen-bond donors (Lipinski definition) is 1. The molecule has 1 aromatic carbocycles. The zero-order valence-corrected chi connectivity index (χ0v) is 12.6. The van der Waals surface area contributed by atoms with Gasteiger partial charge in [0.1, 0.15) is 0 Å². The Bertz CT molecular complexity index is 568. The van der Waals surface area contributed by atoms with E-state index in [9.17, 15) is 17.2 Å². The summed E-state index contributed by atoms with van der Waals surface area (Å²) in [5.74, 6) is -3.39. The Labute approximate surface area is 123 Å². The van der Waals surface area contributed by atoms with Crippen LogP contribution in [0.1, 0.15) is 19.3 Å². The minimum Gasteiger partial charge on any atom is -0.385 e. The lowest BCUT2D eigenvalue weighted by molar-refractivity contribution is 0.175. The SMILES string of the molecule is COCCC1(CNc2ccc(S(=O)(=O)C(F)F)cc2)CC1. The van der Waals surface area contributed by atoms with Crippen molar-refractivity contribution in [1.29, 1.82) is 0 Å². The van der Waals surface area contributed by atoms with Crippen molar-refractivity contribution in [3.05, 3.63) is 24.3 Å². The maximum Gasteiger partial charge on any atom is 0.341 e. The molecule has 1 aliphatic rings. The van der Waals surface area contributed by atoms with Gasteiger partial charge in [-0.1, -0.05) is 0 Å². The third-order valence-electron chi connectivity index (χ3n) is 3.88. The van der Waals surface area contributed by atoms with Gasteiger partial charge in [-0.2, -0.15) is 8.78 Å². The Morgan fingerprint density at radius 2 is 1.90 bits per heavy atom. The molecule has 1 N–H and O–H groups in total. The molecular formula is C14H19F2NO3S. The van der Waals surface area contributed by atoms with Crippen LogP contribution in [-0.4, -0.2) is 34.4 Å². The molecule has 0 aliphatic heterocycles. The van der Waals surface area contributed by atoms with Gasteiger partial charge in [0.25, 0.3) is 0 Å². The number of ether oxygens (including phenoxy) is 1. The van der Waals surface area contributed by atoms with Crippen molar-refractivity contribution in [3.8, 4) is 0 Å². The first kappa shape index (κ1) is 16.2. The number of hydrogen-bond acceptors (Lipinski definition) is 4. The largest absolute Gasteiger partial charge is 0.385 e. The Hall–Kier alpha value is -1.21. The van der Waals surface area contributed by atoms with E-state index in [-0.39, 0.29) is 10.3 Å². The number of methoxy groups -OCH3 is 1. The van der Waals surface area contributed by atoms with Crippen molar-refractivity contribution in [2.45, 2.75) is 29.9 Å². The summed E-state index contributed by atoms with van der Waals surface area (Å²) in [5.41, 5.74) is 0.982. The van der Waals surface area contributed by atoms with Gasteiger partial charge in [-0.05, 0) is 48.9 Å². The molecule has 0 saturated heterocycles.